The van der Waals surface area contributed by atoms with Gasteiger partial charge in [0.15, 0.2) is 0 Å². The molecule has 0 spiro atoms. The molecule has 2 heteroatoms. The van der Waals surface area contributed by atoms with Crippen LogP contribution < -0.4 is 0 Å². The predicted molar refractivity (Wildman–Crippen MR) is 46.2 cm³/mol. The van der Waals surface area contributed by atoms with Gasteiger partial charge < -0.3 is 0 Å². The van der Waals surface area contributed by atoms with Crippen molar-refractivity contribution in [3.05, 3.63) is 36.2 Å². The van der Waals surface area contributed by atoms with Crippen LogP contribution in [0.2, 0.25) is 0 Å². The number of nitrogens with zero attached hydrogens (tertiary/aromatic N) is 1. The molecule has 0 aliphatic rings. The van der Waals surface area contributed by atoms with Crippen LogP contribution in [0.15, 0.2) is 30.6 Å². The summed E-state index contributed by atoms with van der Waals surface area (Å²) in [4.78, 5) is 3.95. The van der Waals surface area contributed by atoms with Crippen molar-refractivity contribution < 1.29 is 0 Å². The molecule has 1 aromatic rings. The molecule has 10 heavy (non-hydrogen) atoms. The van der Waals surface area contributed by atoms with Crippen LogP contribution in [0.1, 0.15) is 12.5 Å². The van der Waals surface area contributed by atoms with Crippen molar-refractivity contribution in [2.75, 3.05) is 0 Å². The molecule has 0 fully saturated rings. The van der Waals surface area contributed by atoms with Gasteiger partial charge in [-0.15, -0.1) is 12.4 Å². The van der Waals surface area contributed by atoms with Crippen molar-refractivity contribution in [2.45, 2.75) is 6.92 Å². The summed E-state index contributed by atoms with van der Waals surface area (Å²) in [6.45, 7) is 1.99. The first-order valence-corrected chi connectivity index (χ1v) is 2.96. The van der Waals surface area contributed by atoms with E-state index >= 15 is 0 Å². The molecule has 1 nitrogen and oxygen atoms in total. The molecule has 0 aromatic carbocycles. The Morgan fingerprint density at radius 1 is 1.50 bits per heavy atom. The van der Waals surface area contributed by atoms with E-state index in [4.69, 9.17) is 0 Å². The molecule has 0 radical (unpaired) electrons. The van der Waals surface area contributed by atoms with Gasteiger partial charge in [0, 0.05) is 12.4 Å². The van der Waals surface area contributed by atoms with E-state index in [9.17, 15) is 0 Å². The van der Waals surface area contributed by atoms with E-state index in [0.717, 1.165) is 5.56 Å². The summed E-state index contributed by atoms with van der Waals surface area (Å²) in [5.74, 6) is 0. The molecular weight excluding hydrogens is 146 g/mol. The third-order valence-corrected chi connectivity index (χ3v) is 1.04. The zero-order valence-corrected chi connectivity index (χ0v) is 6.64. The number of halogens is 1. The third-order valence-electron chi connectivity index (χ3n) is 1.04. The van der Waals surface area contributed by atoms with E-state index in [2.05, 4.69) is 4.98 Å². The number of hydrogen-bond acceptors (Lipinski definition) is 1. The van der Waals surface area contributed by atoms with Crippen molar-refractivity contribution in [1.82, 2.24) is 4.98 Å². The zero-order valence-electron chi connectivity index (χ0n) is 5.82. The molecule has 1 rings (SSSR count). The SMILES string of the molecule is CC=Cc1cccnc1.Cl. The summed E-state index contributed by atoms with van der Waals surface area (Å²) in [5, 5.41) is 0. The Hall–Kier alpha value is -0.820. The summed E-state index contributed by atoms with van der Waals surface area (Å²) >= 11 is 0. The monoisotopic (exact) mass is 155 g/mol. The van der Waals surface area contributed by atoms with Gasteiger partial charge in [0.25, 0.3) is 0 Å². The summed E-state index contributed by atoms with van der Waals surface area (Å²) in [5.41, 5.74) is 1.15. The van der Waals surface area contributed by atoms with E-state index < -0.39 is 0 Å². The summed E-state index contributed by atoms with van der Waals surface area (Å²) in [6, 6.07) is 3.95. The normalized spacial score (nSPS) is 9.30. The lowest BCUT2D eigenvalue weighted by molar-refractivity contribution is 1.32. The lowest BCUT2D eigenvalue weighted by atomic mass is 10.3. The molecule has 1 heterocycles. The minimum absolute atomic E-state index is 0. The minimum atomic E-state index is 0. The van der Waals surface area contributed by atoms with Crippen molar-refractivity contribution in [1.29, 1.82) is 0 Å². The second kappa shape index (κ2) is 5.00. The second-order valence-corrected chi connectivity index (χ2v) is 1.79. The predicted octanol–water partition coefficient (Wildman–Crippen LogP) is 2.54. The van der Waals surface area contributed by atoms with Crippen LogP contribution in [0.25, 0.3) is 6.08 Å². The number of rotatable bonds is 1. The molecule has 0 bridgehead atoms. The van der Waals surface area contributed by atoms with Gasteiger partial charge in [0.2, 0.25) is 0 Å². The molecule has 0 aliphatic heterocycles. The molecule has 0 aliphatic carbocycles. The fraction of sp³-hybridized carbons (Fsp3) is 0.125. The molecule has 54 valence electrons. The van der Waals surface area contributed by atoms with Gasteiger partial charge in [0.05, 0.1) is 0 Å². The van der Waals surface area contributed by atoms with Crippen molar-refractivity contribution in [2.24, 2.45) is 0 Å². The first kappa shape index (κ1) is 9.18. The first-order chi connectivity index (χ1) is 4.43. The molecular formula is C8H10ClN. The Balaban J connectivity index is 0.000000810. The Labute approximate surface area is 67.2 Å². The van der Waals surface area contributed by atoms with Crippen molar-refractivity contribution in [3.63, 3.8) is 0 Å². The topological polar surface area (TPSA) is 12.9 Å². The first-order valence-electron chi connectivity index (χ1n) is 2.96. The van der Waals surface area contributed by atoms with E-state index in [-0.39, 0.29) is 12.4 Å². The van der Waals surface area contributed by atoms with Gasteiger partial charge in [-0.25, -0.2) is 0 Å². The largest absolute Gasteiger partial charge is 0.264 e. The Kier molecular flexibility index (Phi) is 4.59. The summed E-state index contributed by atoms with van der Waals surface area (Å²) in [6.07, 6.45) is 7.62. The van der Waals surface area contributed by atoms with Crippen molar-refractivity contribution in [3.8, 4) is 0 Å². The van der Waals surface area contributed by atoms with Gasteiger partial charge in [-0.2, -0.15) is 0 Å². The Morgan fingerprint density at radius 3 is 2.80 bits per heavy atom. The summed E-state index contributed by atoms with van der Waals surface area (Å²) < 4.78 is 0. The fourth-order valence-electron chi connectivity index (χ4n) is 0.667. The van der Waals surface area contributed by atoms with E-state index in [0.29, 0.717) is 0 Å². The lowest BCUT2D eigenvalue weighted by Gasteiger charge is -1.86. The third kappa shape index (κ3) is 2.65. The number of pyridine rings is 1. The Morgan fingerprint density at radius 2 is 2.30 bits per heavy atom. The van der Waals surface area contributed by atoms with Crippen LogP contribution in [0.3, 0.4) is 0 Å². The highest BCUT2D eigenvalue weighted by atomic mass is 35.5. The maximum absolute atomic E-state index is 3.95. The van der Waals surface area contributed by atoms with E-state index in [1.165, 1.54) is 0 Å². The van der Waals surface area contributed by atoms with Gasteiger partial charge in [0.1, 0.15) is 0 Å². The van der Waals surface area contributed by atoms with Crippen LogP contribution in [-0.4, -0.2) is 4.98 Å². The molecule has 1 aromatic heterocycles. The van der Waals surface area contributed by atoms with Crippen LogP contribution in [0, 0.1) is 0 Å². The molecule has 0 amide bonds. The molecule has 0 saturated heterocycles. The van der Waals surface area contributed by atoms with Crippen LogP contribution in [-0.2, 0) is 0 Å². The van der Waals surface area contributed by atoms with Crippen LogP contribution >= 0.6 is 12.4 Å². The highest BCUT2D eigenvalue weighted by Gasteiger charge is 1.78. The maximum atomic E-state index is 3.95. The summed E-state index contributed by atoms with van der Waals surface area (Å²) in [7, 11) is 0. The van der Waals surface area contributed by atoms with Gasteiger partial charge in [-0.3, -0.25) is 4.98 Å². The number of aromatic nitrogens is 1. The average molecular weight is 156 g/mol. The number of allylic oxidation sites excluding steroid dienone is 1. The molecule has 0 N–H and O–H groups in total. The Bertz CT molecular complexity index is 194. The fourth-order valence-corrected chi connectivity index (χ4v) is 0.667. The second-order valence-electron chi connectivity index (χ2n) is 1.79. The molecule has 0 saturated carbocycles. The zero-order chi connectivity index (χ0) is 6.53. The van der Waals surface area contributed by atoms with Crippen molar-refractivity contribution >= 4 is 18.5 Å². The lowest BCUT2D eigenvalue weighted by Crippen LogP contribution is -1.71. The highest BCUT2D eigenvalue weighted by molar-refractivity contribution is 5.85. The van der Waals surface area contributed by atoms with Crippen LogP contribution in [0.5, 0.6) is 0 Å². The minimum Gasteiger partial charge on any atom is -0.264 e. The molecule has 0 unspecified atom stereocenters. The quantitative estimate of drug-likeness (QED) is 0.608. The van der Waals surface area contributed by atoms with E-state index in [1.807, 2.05) is 37.4 Å². The van der Waals surface area contributed by atoms with E-state index in [1.54, 1.807) is 6.20 Å². The average Bonchev–Trinajstić information content (AvgIpc) is 1.91. The van der Waals surface area contributed by atoms with Gasteiger partial charge in [-0.1, -0.05) is 18.2 Å². The smallest absolute Gasteiger partial charge is 0.0340 e. The standard InChI is InChI=1S/C8H9N.ClH/c1-2-4-8-5-3-6-9-7-8;/h2-7H,1H3;1H. The van der Waals surface area contributed by atoms with Crippen LogP contribution in [0.4, 0.5) is 0 Å². The highest BCUT2D eigenvalue weighted by Crippen LogP contribution is 1.96. The van der Waals surface area contributed by atoms with Gasteiger partial charge >= 0.3 is 0 Å². The number of hydrogen-bond donors (Lipinski definition) is 0. The van der Waals surface area contributed by atoms with Gasteiger partial charge in [-0.05, 0) is 18.6 Å². The maximum Gasteiger partial charge on any atom is 0.0340 e. The molecule has 0 atom stereocenters.